The fourth-order valence-corrected chi connectivity index (χ4v) is 3.64. The van der Waals surface area contributed by atoms with Gasteiger partial charge in [-0.2, -0.15) is 0 Å². The Morgan fingerprint density at radius 2 is 1.85 bits per heavy atom. The molecule has 0 amide bonds. The lowest BCUT2D eigenvalue weighted by molar-refractivity contribution is 0.909. The first kappa shape index (κ1) is 13.6. The van der Waals surface area contributed by atoms with Crippen molar-refractivity contribution in [1.82, 2.24) is 4.98 Å². The second kappa shape index (κ2) is 5.94. The zero-order chi connectivity index (χ0) is 13.9. The molecule has 3 rings (SSSR count). The van der Waals surface area contributed by atoms with Crippen molar-refractivity contribution < 1.29 is 0 Å². The minimum atomic E-state index is -0.0125. The summed E-state index contributed by atoms with van der Waals surface area (Å²) in [5, 5.41) is 1.09. The normalized spacial score (nSPS) is 12.7. The van der Waals surface area contributed by atoms with Crippen LogP contribution >= 0.6 is 22.9 Å². The minimum absolute atomic E-state index is 0.0125. The van der Waals surface area contributed by atoms with E-state index >= 15 is 0 Å². The first-order valence-corrected chi connectivity index (χ1v) is 8.09. The van der Waals surface area contributed by atoms with Gasteiger partial charge in [0.15, 0.2) is 0 Å². The third-order valence-electron chi connectivity index (χ3n) is 3.44. The van der Waals surface area contributed by atoms with Gasteiger partial charge >= 0.3 is 0 Å². The Hall–Kier alpha value is -1.38. The number of alkyl halides is 1. The van der Waals surface area contributed by atoms with Crippen molar-refractivity contribution in [2.45, 2.75) is 25.1 Å². The van der Waals surface area contributed by atoms with E-state index in [9.17, 15) is 0 Å². The number of hydrogen-bond donors (Lipinski definition) is 0. The standard InChI is InChI=1S/C17H16ClNS/c1-2-12-7-9-13(10-8-12)14(18)11-17-19-15-5-3-4-6-16(15)20-17/h3-10,14H,2,11H2,1H3. The SMILES string of the molecule is CCc1ccc(C(Cl)Cc2nc3ccccc3s2)cc1. The van der Waals surface area contributed by atoms with Crippen LogP contribution in [0.3, 0.4) is 0 Å². The van der Waals surface area contributed by atoms with Crippen LogP contribution in [0, 0.1) is 0 Å². The van der Waals surface area contributed by atoms with E-state index in [0.717, 1.165) is 23.4 Å². The van der Waals surface area contributed by atoms with Crippen LogP contribution in [0.5, 0.6) is 0 Å². The second-order valence-electron chi connectivity index (χ2n) is 4.84. The average molecular weight is 302 g/mol. The molecule has 0 saturated heterocycles. The Morgan fingerprint density at radius 1 is 1.10 bits per heavy atom. The highest BCUT2D eigenvalue weighted by Crippen LogP contribution is 2.29. The predicted molar refractivity (Wildman–Crippen MR) is 87.7 cm³/mol. The number of benzene rings is 2. The number of nitrogens with zero attached hydrogens (tertiary/aromatic N) is 1. The topological polar surface area (TPSA) is 12.9 Å². The van der Waals surface area contributed by atoms with Gasteiger partial charge in [0.1, 0.15) is 0 Å². The molecule has 0 aliphatic rings. The maximum atomic E-state index is 6.53. The third kappa shape index (κ3) is 2.87. The van der Waals surface area contributed by atoms with Gasteiger partial charge < -0.3 is 0 Å². The summed E-state index contributed by atoms with van der Waals surface area (Å²) in [7, 11) is 0. The molecular weight excluding hydrogens is 286 g/mol. The summed E-state index contributed by atoms with van der Waals surface area (Å²) in [6.07, 6.45) is 1.84. The van der Waals surface area contributed by atoms with Gasteiger partial charge in [0, 0.05) is 6.42 Å². The molecule has 1 unspecified atom stereocenters. The summed E-state index contributed by atoms with van der Waals surface area (Å²) < 4.78 is 1.23. The van der Waals surface area contributed by atoms with Crippen molar-refractivity contribution in [2.24, 2.45) is 0 Å². The summed E-state index contributed by atoms with van der Waals surface area (Å²) in [6.45, 7) is 2.16. The number of para-hydroxylation sites is 1. The van der Waals surface area contributed by atoms with Crippen LogP contribution in [0.2, 0.25) is 0 Å². The van der Waals surface area contributed by atoms with Crippen LogP contribution in [-0.2, 0) is 12.8 Å². The van der Waals surface area contributed by atoms with Gasteiger partial charge in [-0.25, -0.2) is 4.98 Å². The molecule has 0 radical (unpaired) electrons. The first-order valence-electron chi connectivity index (χ1n) is 6.83. The fraction of sp³-hybridized carbons (Fsp3) is 0.235. The maximum Gasteiger partial charge on any atom is 0.0956 e. The molecule has 102 valence electrons. The highest BCUT2D eigenvalue weighted by molar-refractivity contribution is 7.18. The molecule has 0 bridgehead atoms. The molecule has 3 aromatic rings. The quantitative estimate of drug-likeness (QED) is 0.589. The van der Waals surface area contributed by atoms with Gasteiger partial charge in [-0.05, 0) is 29.7 Å². The van der Waals surface area contributed by atoms with E-state index in [-0.39, 0.29) is 5.38 Å². The van der Waals surface area contributed by atoms with Crippen LogP contribution in [0.25, 0.3) is 10.2 Å². The van der Waals surface area contributed by atoms with Crippen LogP contribution in [0.1, 0.15) is 28.4 Å². The fourth-order valence-electron chi connectivity index (χ4n) is 2.24. The van der Waals surface area contributed by atoms with Gasteiger partial charge in [0.25, 0.3) is 0 Å². The molecule has 2 aromatic carbocycles. The van der Waals surface area contributed by atoms with Gasteiger partial charge in [0.05, 0.1) is 20.6 Å². The summed E-state index contributed by atoms with van der Waals surface area (Å²) in [4.78, 5) is 4.65. The van der Waals surface area contributed by atoms with E-state index in [1.54, 1.807) is 11.3 Å². The van der Waals surface area contributed by atoms with E-state index in [2.05, 4.69) is 48.3 Å². The lowest BCUT2D eigenvalue weighted by Gasteiger charge is -2.08. The van der Waals surface area contributed by atoms with Crippen LogP contribution < -0.4 is 0 Å². The number of aromatic nitrogens is 1. The molecule has 1 atom stereocenters. The molecule has 1 aromatic heterocycles. The van der Waals surface area contributed by atoms with Crippen molar-refractivity contribution in [1.29, 1.82) is 0 Å². The molecule has 20 heavy (non-hydrogen) atoms. The molecule has 0 saturated carbocycles. The Labute approximate surface area is 128 Å². The minimum Gasteiger partial charge on any atom is -0.241 e. The summed E-state index contributed by atoms with van der Waals surface area (Å²) in [6, 6.07) is 16.8. The average Bonchev–Trinajstić information content (AvgIpc) is 2.89. The van der Waals surface area contributed by atoms with Crippen molar-refractivity contribution in [3.63, 3.8) is 0 Å². The van der Waals surface area contributed by atoms with Gasteiger partial charge in [0.2, 0.25) is 0 Å². The number of fused-ring (bicyclic) bond motifs is 1. The smallest absolute Gasteiger partial charge is 0.0956 e. The van der Waals surface area contributed by atoms with Crippen molar-refractivity contribution >= 4 is 33.2 Å². The summed E-state index contributed by atoms with van der Waals surface area (Å²) in [5.41, 5.74) is 3.58. The molecule has 1 nitrogen and oxygen atoms in total. The van der Waals surface area contributed by atoms with E-state index in [1.807, 2.05) is 12.1 Å². The van der Waals surface area contributed by atoms with Gasteiger partial charge in [-0.3, -0.25) is 0 Å². The van der Waals surface area contributed by atoms with E-state index in [4.69, 9.17) is 11.6 Å². The van der Waals surface area contributed by atoms with Crippen LogP contribution in [0.4, 0.5) is 0 Å². The van der Waals surface area contributed by atoms with E-state index in [1.165, 1.54) is 15.8 Å². The lowest BCUT2D eigenvalue weighted by Crippen LogP contribution is -1.95. The second-order valence-corrected chi connectivity index (χ2v) is 6.48. The van der Waals surface area contributed by atoms with E-state index in [0.29, 0.717) is 0 Å². The monoisotopic (exact) mass is 301 g/mol. The number of aryl methyl sites for hydroxylation is 1. The van der Waals surface area contributed by atoms with Crippen molar-refractivity contribution in [3.8, 4) is 0 Å². The summed E-state index contributed by atoms with van der Waals surface area (Å²) in [5.74, 6) is 0. The number of thiazole rings is 1. The number of halogens is 1. The Bertz CT molecular complexity index is 669. The summed E-state index contributed by atoms with van der Waals surface area (Å²) >= 11 is 8.26. The van der Waals surface area contributed by atoms with Crippen LogP contribution in [0.15, 0.2) is 48.5 Å². The zero-order valence-corrected chi connectivity index (χ0v) is 12.9. The number of hydrogen-bond acceptors (Lipinski definition) is 2. The largest absolute Gasteiger partial charge is 0.241 e. The highest BCUT2D eigenvalue weighted by atomic mass is 35.5. The van der Waals surface area contributed by atoms with Crippen molar-refractivity contribution in [3.05, 3.63) is 64.7 Å². The van der Waals surface area contributed by atoms with Crippen LogP contribution in [-0.4, -0.2) is 4.98 Å². The van der Waals surface area contributed by atoms with E-state index < -0.39 is 0 Å². The molecule has 0 aliphatic carbocycles. The Morgan fingerprint density at radius 3 is 2.55 bits per heavy atom. The molecule has 3 heteroatoms. The highest BCUT2D eigenvalue weighted by Gasteiger charge is 2.12. The molecule has 0 spiro atoms. The number of rotatable bonds is 4. The molecule has 0 fully saturated rings. The zero-order valence-electron chi connectivity index (χ0n) is 11.3. The molecule has 0 aliphatic heterocycles. The molecule has 1 heterocycles. The predicted octanol–water partition coefficient (Wildman–Crippen LogP) is 5.38. The lowest BCUT2D eigenvalue weighted by atomic mass is 10.1. The maximum absolute atomic E-state index is 6.53. The first-order chi connectivity index (χ1) is 9.76. The third-order valence-corrected chi connectivity index (χ3v) is 4.91. The molecular formula is C17H16ClNS. The van der Waals surface area contributed by atoms with Crippen molar-refractivity contribution in [2.75, 3.05) is 0 Å². The van der Waals surface area contributed by atoms with Gasteiger partial charge in [-0.1, -0.05) is 43.3 Å². The Balaban J connectivity index is 1.78. The molecule has 0 N–H and O–H groups in total. The van der Waals surface area contributed by atoms with Gasteiger partial charge in [-0.15, -0.1) is 22.9 Å². The Kier molecular flexibility index (Phi) is 4.04.